The molecule has 18 heavy (non-hydrogen) atoms. The molecular weight excluding hydrogens is 244 g/mol. The van der Waals surface area contributed by atoms with Crippen LogP contribution < -0.4 is 5.73 Å². The number of primary amides is 1. The van der Waals surface area contributed by atoms with Crippen molar-refractivity contribution >= 4 is 27.5 Å². The maximum absolute atomic E-state index is 11.1. The zero-order chi connectivity index (χ0) is 13.7. The molecule has 0 aliphatic carbocycles. The summed E-state index contributed by atoms with van der Waals surface area (Å²) < 4.78 is 1.24. The van der Waals surface area contributed by atoms with Gasteiger partial charge in [0.15, 0.2) is 0 Å². The molecule has 1 unspecified atom stereocenters. The summed E-state index contributed by atoms with van der Waals surface area (Å²) in [5.74, 6) is 0. The highest BCUT2D eigenvalue weighted by molar-refractivity contribution is 7.19. The number of carbonyl (C=O) groups is 1. The van der Waals surface area contributed by atoms with Crippen molar-refractivity contribution in [2.75, 3.05) is 7.05 Å². The molecule has 2 amide bonds. The number of nitrogens with zero attached hydrogens (tertiary/aromatic N) is 1. The number of hydrogen-bond donors (Lipinski definition) is 1. The fraction of sp³-hybridized carbons (Fsp3) is 0.357. The summed E-state index contributed by atoms with van der Waals surface area (Å²) in [6.07, 6.45) is 0. The third kappa shape index (κ3) is 3.01. The lowest BCUT2D eigenvalue weighted by Gasteiger charge is -2.21. The highest BCUT2D eigenvalue weighted by Gasteiger charge is 2.16. The van der Waals surface area contributed by atoms with Crippen molar-refractivity contribution in [3.63, 3.8) is 0 Å². The van der Waals surface area contributed by atoms with E-state index in [1.54, 1.807) is 23.3 Å². The molecule has 1 heterocycles. The van der Waals surface area contributed by atoms with Crippen molar-refractivity contribution in [2.24, 2.45) is 5.73 Å². The van der Waals surface area contributed by atoms with Gasteiger partial charge >= 0.3 is 6.03 Å². The first-order valence-corrected chi connectivity index (χ1v) is 6.92. The fourth-order valence-corrected chi connectivity index (χ4v) is 2.75. The molecule has 4 heteroatoms. The lowest BCUT2D eigenvalue weighted by molar-refractivity contribution is 0.205. The molecule has 0 fully saturated rings. The second-order valence-corrected chi connectivity index (χ2v) is 4.93. The topological polar surface area (TPSA) is 46.3 Å². The van der Waals surface area contributed by atoms with E-state index in [-0.39, 0.29) is 6.04 Å². The van der Waals surface area contributed by atoms with Crippen LogP contribution in [0.15, 0.2) is 30.3 Å². The number of benzene rings is 1. The van der Waals surface area contributed by atoms with Crippen molar-refractivity contribution in [3.8, 4) is 0 Å². The minimum atomic E-state index is -0.398. The van der Waals surface area contributed by atoms with Gasteiger partial charge in [-0.15, -0.1) is 11.3 Å². The molecule has 0 spiro atoms. The first-order chi connectivity index (χ1) is 8.59. The van der Waals surface area contributed by atoms with Crippen LogP contribution in [0.25, 0.3) is 10.1 Å². The maximum Gasteiger partial charge on any atom is 0.315 e. The molecule has 0 saturated carbocycles. The second kappa shape index (κ2) is 6.40. The number of hydrogen-bond acceptors (Lipinski definition) is 2. The van der Waals surface area contributed by atoms with Gasteiger partial charge in [0, 0.05) is 16.6 Å². The summed E-state index contributed by atoms with van der Waals surface area (Å²) in [6.45, 7) is 5.98. The largest absolute Gasteiger partial charge is 0.351 e. The Hall–Kier alpha value is -1.55. The Morgan fingerprint density at radius 1 is 1.33 bits per heavy atom. The van der Waals surface area contributed by atoms with E-state index in [2.05, 4.69) is 18.2 Å². The van der Waals surface area contributed by atoms with Crippen molar-refractivity contribution in [3.05, 3.63) is 35.2 Å². The molecule has 0 saturated heterocycles. The molecule has 2 rings (SSSR count). The summed E-state index contributed by atoms with van der Waals surface area (Å²) >= 11 is 1.70. The molecule has 1 aromatic carbocycles. The Kier molecular flexibility index (Phi) is 5.16. The van der Waals surface area contributed by atoms with E-state index in [4.69, 9.17) is 5.73 Å². The third-order valence-electron chi connectivity index (χ3n) is 2.78. The number of amides is 2. The zero-order valence-corrected chi connectivity index (χ0v) is 12.1. The van der Waals surface area contributed by atoms with E-state index in [9.17, 15) is 4.79 Å². The van der Waals surface area contributed by atoms with Crippen LogP contribution in [0.4, 0.5) is 4.79 Å². The number of rotatable bonds is 2. The average molecular weight is 264 g/mol. The Morgan fingerprint density at radius 2 is 1.94 bits per heavy atom. The lowest BCUT2D eigenvalue weighted by atomic mass is 10.2. The van der Waals surface area contributed by atoms with Crippen LogP contribution in [0.5, 0.6) is 0 Å². The van der Waals surface area contributed by atoms with E-state index in [0.29, 0.717) is 0 Å². The van der Waals surface area contributed by atoms with E-state index in [0.717, 1.165) is 4.88 Å². The quantitative estimate of drug-likeness (QED) is 0.875. The summed E-state index contributed by atoms with van der Waals surface area (Å²) in [7, 11) is 1.72. The van der Waals surface area contributed by atoms with Crippen LogP contribution in [0, 0.1) is 0 Å². The Bertz CT molecular complexity index is 488. The monoisotopic (exact) mass is 264 g/mol. The minimum absolute atomic E-state index is 0.0231. The normalized spacial score (nSPS) is 11.6. The molecule has 98 valence electrons. The van der Waals surface area contributed by atoms with E-state index in [1.165, 1.54) is 10.1 Å². The van der Waals surface area contributed by atoms with Crippen molar-refractivity contribution < 1.29 is 4.79 Å². The van der Waals surface area contributed by atoms with Crippen LogP contribution in [0.3, 0.4) is 0 Å². The highest BCUT2D eigenvalue weighted by Crippen LogP contribution is 2.31. The number of carbonyl (C=O) groups excluding carboxylic acids is 1. The molecule has 0 aliphatic rings. The molecule has 1 aromatic heterocycles. The van der Waals surface area contributed by atoms with Gasteiger partial charge in [-0.05, 0) is 24.4 Å². The van der Waals surface area contributed by atoms with Gasteiger partial charge in [0.25, 0.3) is 0 Å². The maximum atomic E-state index is 11.1. The van der Waals surface area contributed by atoms with Gasteiger partial charge < -0.3 is 10.6 Å². The lowest BCUT2D eigenvalue weighted by Crippen LogP contribution is -2.33. The van der Waals surface area contributed by atoms with Gasteiger partial charge in [0.05, 0.1) is 6.04 Å². The molecule has 2 aromatic rings. The molecule has 0 bridgehead atoms. The summed E-state index contributed by atoms with van der Waals surface area (Å²) in [6, 6.07) is 9.93. The highest BCUT2D eigenvalue weighted by atomic mass is 32.1. The average Bonchev–Trinajstić information content (AvgIpc) is 2.83. The van der Waals surface area contributed by atoms with Gasteiger partial charge in [-0.2, -0.15) is 0 Å². The van der Waals surface area contributed by atoms with Crippen molar-refractivity contribution in [1.29, 1.82) is 0 Å². The number of fused-ring (bicyclic) bond motifs is 1. The smallest absolute Gasteiger partial charge is 0.315 e. The Labute approximate surface area is 112 Å². The molecule has 0 radical (unpaired) electrons. The molecule has 1 atom stereocenters. The SMILES string of the molecule is CC.CC(c1cc2ccccc2s1)N(C)C(N)=O. The van der Waals surface area contributed by atoms with Gasteiger partial charge in [-0.3, -0.25) is 0 Å². The van der Waals surface area contributed by atoms with Crippen LogP contribution in [0.1, 0.15) is 31.7 Å². The molecule has 3 nitrogen and oxygen atoms in total. The third-order valence-corrected chi connectivity index (χ3v) is 4.07. The van der Waals surface area contributed by atoms with E-state index < -0.39 is 6.03 Å². The van der Waals surface area contributed by atoms with Crippen LogP contribution in [-0.4, -0.2) is 18.0 Å². The zero-order valence-electron chi connectivity index (χ0n) is 11.3. The Balaban J connectivity index is 0.000000771. The summed E-state index contributed by atoms with van der Waals surface area (Å²) in [5.41, 5.74) is 5.26. The first kappa shape index (κ1) is 14.5. The first-order valence-electron chi connectivity index (χ1n) is 6.10. The van der Waals surface area contributed by atoms with Gasteiger partial charge in [-0.1, -0.05) is 32.0 Å². The number of nitrogens with two attached hydrogens (primary N) is 1. The number of thiophene rings is 1. The standard InChI is InChI=1S/C12H14N2OS.C2H6/c1-8(14(2)12(13)15)11-7-9-5-3-4-6-10(9)16-11;1-2/h3-8H,1-2H3,(H2,13,15);1-2H3. The van der Waals surface area contributed by atoms with Crippen molar-refractivity contribution in [1.82, 2.24) is 4.90 Å². The number of urea groups is 1. The predicted octanol–water partition coefficient (Wildman–Crippen LogP) is 4.00. The summed E-state index contributed by atoms with van der Waals surface area (Å²) in [4.78, 5) is 13.8. The van der Waals surface area contributed by atoms with Crippen LogP contribution >= 0.6 is 11.3 Å². The van der Waals surface area contributed by atoms with Gasteiger partial charge in [0.2, 0.25) is 0 Å². The molecule has 2 N–H and O–H groups in total. The van der Waals surface area contributed by atoms with Gasteiger partial charge in [-0.25, -0.2) is 4.79 Å². The van der Waals surface area contributed by atoms with E-state index in [1.807, 2.05) is 32.9 Å². The molecular formula is C14H20N2OS. The van der Waals surface area contributed by atoms with E-state index >= 15 is 0 Å². The van der Waals surface area contributed by atoms with Crippen LogP contribution in [-0.2, 0) is 0 Å². The molecule has 0 aliphatic heterocycles. The van der Waals surface area contributed by atoms with Crippen LogP contribution in [0.2, 0.25) is 0 Å². The predicted molar refractivity (Wildman–Crippen MR) is 78.9 cm³/mol. The fourth-order valence-electron chi connectivity index (χ4n) is 1.59. The van der Waals surface area contributed by atoms with Gasteiger partial charge in [0.1, 0.15) is 0 Å². The minimum Gasteiger partial charge on any atom is -0.351 e. The summed E-state index contributed by atoms with van der Waals surface area (Å²) in [5, 5.41) is 1.22. The second-order valence-electron chi connectivity index (χ2n) is 3.81. The van der Waals surface area contributed by atoms with Crippen molar-refractivity contribution in [2.45, 2.75) is 26.8 Å². The Morgan fingerprint density at radius 3 is 2.50 bits per heavy atom.